The molecule has 2 fully saturated rings. The predicted molar refractivity (Wildman–Crippen MR) is 126 cm³/mol. The highest BCUT2D eigenvalue weighted by Crippen LogP contribution is 2.60. The van der Waals surface area contributed by atoms with Crippen LogP contribution in [-0.2, 0) is 10.4 Å². The average Bonchev–Trinajstić information content (AvgIpc) is 3.62. The van der Waals surface area contributed by atoms with Crippen molar-refractivity contribution in [3.05, 3.63) is 50.3 Å². The van der Waals surface area contributed by atoms with Crippen LogP contribution in [0.2, 0.25) is 0 Å². The monoisotopic (exact) mass is 466 g/mol. The largest absolute Gasteiger partial charge is 0.492 e. The number of ether oxygens (including phenoxy) is 2. The van der Waals surface area contributed by atoms with Gasteiger partial charge in [0.05, 0.1) is 23.7 Å². The van der Waals surface area contributed by atoms with Crippen LogP contribution in [0.1, 0.15) is 79.4 Å². The number of nitroso groups, excluding NO2 is 1. The van der Waals surface area contributed by atoms with Crippen LogP contribution >= 0.6 is 0 Å². The lowest BCUT2D eigenvalue weighted by atomic mass is 9.73. The third-order valence-electron chi connectivity index (χ3n) is 7.81. The van der Waals surface area contributed by atoms with Crippen molar-refractivity contribution in [2.45, 2.75) is 63.5 Å². The Morgan fingerprint density at radius 1 is 1.26 bits per heavy atom. The Labute approximate surface area is 197 Å². The molecule has 2 N–H and O–H groups in total. The molecule has 1 aliphatic heterocycles. The van der Waals surface area contributed by atoms with Crippen molar-refractivity contribution < 1.29 is 14.3 Å². The van der Waals surface area contributed by atoms with E-state index in [0.29, 0.717) is 30.5 Å². The Morgan fingerprint density at radius 3 is 2.71 bits per heavy atom. The maximum atomic E-state index is 12.8. The van der Waals surface area contributed by atoms with Gasteiger partial charge in [0.25, 0.3) is 0 Å². The maximum absolute atomic E-state index is 12.8. The minimum Gasteiger partial charge on any atom is -0.492 e. The van der Waals surface area contributed by atoms with E-state index in [2.05, 4.69) is 25.1 Å². The SMILES string of the molecule is COCCCOc1cc2c(nc1C1CC1)-c1cc(=O)c(C(=O)N=O)cn1C1(N)C2CCC1(C)C. The first-order valence-electron chi connectivity index (χ1n) is 11.8. The summed E-state index contributed by atoms with van der Waals surface area (Å²) < 4.78 is 13.1. The number of carbonyl (C=O) groups excluding carboxylic acids is 1. The molecule has 180 valence electrons. The molecule has 2 aromatic heterocycles. The van der Waals surface area contributed by atoms with Crippen molar-refractivity contribution in [3.8, 4) is 17.1 Å². The molecule has 0 saturated heterocycles. The summed E-state index contributed by atoms with van der Waals surface area (Å²) in [6.45, 7) is 5.33. The topological polar surface area (TPSA) is 126 Å². The highest BCUT2D eigenvalue weighted by atomic mass is 16.5. The fraction of sp³-hybridized carbons (Fsp3) is 0.560. The molecule has 0 aromatic carbocycles. The zero-order chi connectivity index (χ0) is 24.3. The van der Waals surface area contributed by atoms with E-state index < -0.39 is 17.0 Å². The van der Waals surface area contributed by atoms with Crippen LogP contribution in [0.15, 0.2) is 28.3 Å². The van der Waals surface area contributed by atoms with E-state index in [1.54, 1.807) is 11.7 Å². The summed E-state index contributed by atoms with van der Waals surface area (Å²) in [5.41, 5.74) is 8.21. The number of hydrogen-bond donors (Lipinski definition) is 1. The molecule has 0 bridgehead atoms. The van der Waals surface area contributed by atoms with Gasteiger partial charge in [0.2, 0.25) is 0 Å². The van der Waals surface area contributed by atoms with Crippen molar-refractivity contribution in [2.75, 3.05) is 20.3 Å². The number of nitrogens with two attached hydrogens (primary N) is 1. The molecular weight excluding hydrogens is 436 g/mol. The molecule has 2 atom stereocenters. The van der Waals surface area contributed by atoms with Crippen LogP contribution in [0.25, 0.3) is 11.4 Å². The van der Waals surface area contributed by atoms with Gasteiger partial charge in [-0.1, -0.05) is 13.8 Å². The third kappa shape index (κ3) is 3.32. The second-order valence-corrected chi connectivity index (χ2v) is 10.3. The summed E-state index contributed by atoms with van der Waals surface area (Å²) in [5, 5.41) is 2.47. The van der Waals surface area contributed by atoms with Gasteiger partial charge in [-0.05, 0) is 37.3 Å². The summed E-state index contributed by atoms with van der Waals surface area (Å²) in [5.74, 6) is -0.0834. The van der Waals surface area contributed by atoms with Crippen molar-refractivity contribution in [2.24, 2.45) is 16.3 Å². The molecular formula is C25H30N4O5. The van der Waals surface area contributed by atoms with Gasteiger partial charge in [0.15, 0.2) is 5.43 Å². The van der Waals surface area contributed by atoms with E-state index >= 15 is 0 Å². The lowest BCUT2D eigenvalue weighted by Gasteiger charge is -2.48. The maximum Gasteiger partial charge on any atom is 0.322 e. The lowest BCUT2D eigenvalue weighted by molar-refractivity contribution is 0.0975. The summed E-state index contributed by atoms with van der Waals surface area (Å²) >= 11 is 0. The van der Waals surface area contributed by atoms with Crippen LogP contribution in [0.3, 0.4) is 0 Å². The van der Waals surface area contributed by atoms with E-state index in [-0.39, 0.29) is 16.9 Å². The summed E-state index contributed by atoms with van der Waals surface area (Å²) in [6.07, 6.45) is 5.95. The number of aromatic nitrogens is 2. The van der Waals surface area contributed by atoms with Crippen LogP contribution in [0.4, 0.5) is 0 Å². The number of hydrogen-bond acceptors (Lipinski definition) is 7. The molecule has 34 heavy (non-hydrogen) atoms. The molecule has 9 heteroatoms. The van der Waals surface area contributed by atoms with Crippen molar-refractivity contribution in [1.29, 1.82) is 0 Å². The van der Waals surface area contributed by atoms with Gasteiger partial charge < -0.3 is 19.8 Å². The quantitative estimate of drug-likeness (QED) is 0.488. The van der Waals surface area contributed by atoms with E-state index in [1.165, 1.54) is 12.3 Å². The van der Waals surface area contributed by atoms with Gasteiger partial charge in [-0.25, -0.2) is 4.98 Å². The second-order valence-electron chi connectivity index (χ2n) is 10.3. The third-order valence-corrected chi connectivity index (χ3v) is 7.81. The van der Waals surface area contributed by atoms with Gasteiger partial charge in [0, 0.05) is 54.8 Å². The number of amides is 1. The van der Waals surface area contributed by atoms with Crippen molar-refractivity contribution >= 4 is 5.91 Å². The minimum absolute atomic E-state index is 0.0956. The molecule has 2 aromatic rings. The highest BCUT2D eigenvalue weighted by molar-refractivity contribution is 5.94. The van der Waals surface area contributed by atoms with E-state index in [4.69, 9.17) is 20.2 Å². The molecule has 3 aliphatic rings. The second kappa shape index (κ2) is 8.09. The predicted octanol–water partition coefficient (Wildman–Crippen LogP) is 3.64. The summed E-state index contributed by atoms with van der Waals surface area (Å²) in [6, 6.07) is 3.44. The van der Waals surface area contributed by atoms with Crippen LogP contribution in [0, 0.1) is 10.3 Å². The van der Waals surface area contributed by atoms with Crippen LogP contribution < -0.4 is 15.9 Å². The van der Waals surface area contributed by atoms with Crippen molar-refractivity contribution in [1.82, 2.24) is 9.55 Å². The van der Waals surface area contributed by atoms with E-state index in [9.17, 15) is 14.5 Å². The summed E-state index contributed by atoms with van der Waals surface area (Å²) in [7, 11) is 1.67. The number of fused-ring (bicyclic) bond motifs is 6. The lowest BCUT2D eigenvalue weighted by Crippen LogP contribution is -2.56. The first kappa shape index (κ1) is 22.9. The molecule has 5 rings (SSSR count). The van der Waals surface area contributed by atoms with Crippen LogP contribution in [-0.4, -0.2) is 35.8 Å². The van der Waals surface area contributed by atoms with E-state index in [1.807, 2.05) is 0 Å². The molecule has 2 unspecified atom stereocenters. The Balaban J connectivity index is 1.72. The zero-order valence-electron chi connectivity index (χ0n) is 19.8. The molecule has 2 saturated carbocycles. The number of nitrogens with zero attached hydrogens (tertiary/aromatic N) is 3. The Kier molecular flexibility index (Phi) is 5.44. The zero-order valence-corrected chi connectivity index (χ0v) is 19.8. The smallest absolute Gasteiger partial charge is 0.322 e. The molecule has 3 heterocycles. The molecule has 2 aliphatic carbocycles. The first-order valence-corrected chi connectivity index (χ1v) is 11.8. The number of carbonyl (C=O) groups is 1. The van der Waals surface area contributed by atoms with Gasteiger partial charge in [0.1, 0.15) is 17.0 Å². The van der Waals surface area contributed by atoms with E-state index in [0.717, 1.165) is 49.1 Å². The Morgan fingerprint density at radius 2 is 2.03 bits per heavy atom. The normalized spacial score (nSPS) is 24.2. The van der Waals surface area contributed by atoms with Crippen LogP contribution in [0.5, 0.6) is 5.75 Å². The molecule has 0 radical (unpaired) electrons. The average molecular weight is 467 g/mol. The summed E-state index contributed by atoms with van der Waals surface area (Å²) in [4.78, 5) is 40.9. The fourth-order valence-corrected chi connectivity index (χ4v) is 5.66. The Hall–Kier alpha value is -2.91. The van der Waals surface area contributed by atoms with Gasteiger partial charge in [-0.3, -0.25) is 9.59 Å². The van der Waals surface area contributed by atoms with Gasteiger partial charge >= 0.3 is 5.91 Å². The molecule has 0 spiro atoms. The molecule has 1 amide bonds. The Bertz CT molecular complexity index is 1230. The minimum atomic E-state index is -1.09. The first-order chi connectivity index (χ1) is 16.2. The number of rotatable bonds is 7. The van der Waals surface area contributed by atoms with Gasteiger partial charge in [-0.2, -0.15) is 0 Å². The van der Waals surface area contributed by atoms with Crippen molar-refractivity contribution in [3.63, 3.8) is 0 Å². The number of methoxy groups -OCH3 is 1. The standard InChI is InChI=1S/C25H30N4O5/c1-24(2)8-7-17-15-11-20(34-10-4-9-33-3)21(14-5-6-14)27-22(15)18-12-19(30)16(23(31)28-32)13-29(18)25(17,24)26/h11-14,17H,4-10,26H2,1-3H3. The number of pyridine rings is 2. The molecule has 9 nitrogen and oxygen atoms in total. The van der Waals surface area contributed by atoms with Gasteiger partial charge in [-0.15, -0.1) is 4.91 Å². The highest BCUT2D eigenvalue weighted by Gasteiger charge is 2.58. The fourth-order valence-electron chi connectivity index (χ4n) is 5.66.